The summed E-state index contributed by atoms with van der Waals surface area (Å²) in [6.07, 6.45) is 5.91. The van der Waals surface area contributed by atoms with Gasteiger partial charge in [-0.25, -0.2) is 0 Å². The van der Waals surface area contributed by atoms with E-state index in [2.05, 4.69) is 22.4 Å². The van der Waals surface area contributed by atoms with Crippen molar-refractivity contribution in [2.24, 2.45) is 5.92 Å². The second kappa shape index (κ2) is 7.38. The minimum Gasteiger partial charge on any atom is -0.369 e. The smallest absolute Gasteiger partial charge is 0.274 e. The highest BCUT2D eigenvalue weighted by atomic mass is 16.2. The van der Waals surface area contributed by atoms with Gasteiger partial charge in [0.2, 0.25) is 0 Å². The summed E-state index contributed by atoms with van der Waals surface area (Å²) >= 11 is 0. The van der Waals surface area contributed by atoms with E-state index in [4.69, 9.17) is 0 Å². The van der Waals surface area contributed by atoms with Crippen molar-refractivity contribution >= 4 is 11.7 Å². The van der Waals surface area contributed by atoms with Crippen LogP contribution in [0.5, 0.6) is 0 Å². The third-order valence-corrected chi connectivity index (χ3v) is 4.50. The molecule has 116 valence electrons. The number of nitrogens with zero attached hydrogens (tertiary/aromatic N) is 3. The second-order valence-corrected chi connectivity index (χ2v) is 5.83. The monoisotopic (exact) mass is 290 g/mol. The fourth-order valence-corrected chi connectivity index (χ4v) is 3.01. The van der Waals surface area contributed by atoms with Gasteiger partial charge >= 0.3 is 0 Å². The molecule has 2 rings (SSSR count). The Labute approximate surface area is 127 Å². The minimum atomic E-state index is -0.0227. The highest BCUT2D eigenvalue weighted by Crippen LogP contribution is 2.29. The van der Waals surface area contributed by atoms with Gasteiger partial charge in [-0.05, 0) is 50.7 Å². The van der Waals surface area contributed by atoms with Gasteiger partial charge in [0.25, 0.3) is 5.91 Å². The number of hydrogen-bond donors (Lipinski definition) is 1. The Morgan fingerprint density at radius 3 is 2.48 bits per heavy atom. The van der Waals surface area contributed by atoms with E-state index in [1.807, 2.05) is 24.9 Å². The van der Waals surface area contributed by atoms with Crippen molar-refractivity contribution in [2.45, 2.75) is 52.0 Å². The Balaban J connectivity index is 1.95. The highest BCUT2D eigenvalue weighted by Gasteiger charge is 2.27. The highest BCUT2D eigenvalue weighted by molar-refractivity contribution is 5.92. The predicted octanol–water partition coefficient (Wildman–Crippen LogP) is 2.95. The van der Waals surface area contributed by atoms with Gasteiger partial charge in [0, 0.05) is 19.6 Å². The number of carbonyl (C=O) groups excluding carboxylic acids is 1. The van der Waals surface area contributed by atoms with Crippen molar-refractivity contribution in [1.82, 2.24) is 15.1 Å². The first-order chi connectivity index (χ1) is 10.2. The Morgan fingerprint density at radius 1 is 1.24 bits per heavy atom. The Hall–Kier alpha value is -1.65. The van der Waals surface area contributed by atoms with Crippen LogP contribution in [0, 0.1) is 5.92 Å². The molecular weight excluding hydrogens is 264 g/mol. The van der Waals surface area contributed by atoms with E-state index >= 15 is 0 Å². The lowest BCUT2D eigenvalue weighted by Crippen LogP contribution is -2.39. The standard InChI is InChI=1S/C16H26N4O/c1-4-12-6-8-13(9-7-12)20(3)16(21)14-10-11-15(17-5-2)19-18-14/h10-13H,4-9H2,1-3H3,(H,17,19). The molecule has 5 heteroatoms. The maximum Gasteiger partial charge on any atom is 0.274 e. The lowest BCUT2D eigenvalue weighted by molar-refractivity contribution is 0.0667. The van der Waals surface area contributed by atoms with E-state index in [1.165, 1.54) is 19.3 Å². The number of anilines is 1. The first-order valence-corrected chi connectivity index (χ1v) is 8.00. The zero-order chi connectivity index (χ0) is 15.2. The predicted molar refractivity (Wildman–Crippen MR) is 84.3 cm³/mol. The molecule has 5 nitrogen and oxygen atoms in total. The summed E-state index contributed by atoms with van der Waals surface area (Å²) < 4.78 is 0. The largest absolute Gasteiger partial charge is 0.369 e. The van der Waals surface area contributed by atoms with E-state index in [0.29, 0.717) is 17.6 Å². The average Bonchev–Trinajstić information content (AvgIpc) is 2.54. The van der Waals surface area contributed by atoms with Crippen LogP contribution in [0.25, 0.3) is 0 Å². The SMILES string of the molecule is CCNc1ccc(C(=O)N(C)C2CCC(CC)CC2)nn1. The molecule has 0 atom stereocenters. The summed E-state index contributed by atoms with van der Waals surface area (Å²) in [5.74, 6) is 1.52. The third-order valence-electron chi connectivity index (χ3n) is 4.50. The molecule has 1 fully saturated rings. The number of amides is 1. The lowest BCUT2D eigenvalue weighted by atomic mass is 9.84. The quantitative estimate of drug-likeness (QED) is 0.906. The molecule has 1 N–H and O–H groups in total. The molecule has 0 radical (unpaired) electrons. The molecule has 1 amide bonds. The number of hydrogen-bond acceptors (Lipinski definition) is 4. The molecule has 1 aliphatic carbocycles. The van der Waals surface area contributed by atoms with Crippen LogP contribution in [-0.4, -0.2) is 40.6 Å². The topological polar surface area (TPSA) is 58.1 Å². The van der Waals surface area contributed by atoms with Crippen LogP contribution in [0.4, 0.5) is 5.82 Å². The maximum atomic E-state index is 12.5. The molecule has 0 saturated heterocycles. The van der Waals surface area contributed by atoms with Gasteiger partial charge in [-0.3, -0.25) is 4.79 Å². The van der Waals surface area contributed by atoms with Crippen LogP contribution < -0.4 is 5.32 Å². The van der Waals surface area contributed by atoms with Gasteiger partial charge in [-0.2, -0.15) is 0 Å². The van der Waals surface area contributed by atoms with E-state index < -0.39 is 0 Å². The van der Waals surface area contributed by atoms with Crippen molar-refractivity contribution in [3.05, 3.63) is 17.8 Å². The summed E-state index contributed by atoms with van der Waals surface area (Å²) in [5, 5.41) is 11.2. The molecule has 0 aromatic carbocycles. The van der Waals surface area contributed by atoms with Crippen molar-refractivity contribution in [2.75, 3.05) is 18.9 Å². The van der Waals surface area contributed by atoms with Crippen LogP contribution in [0.1, 0.15) is 56.4 Å². The van der Waals surface area contributed by atoms with Gasteiger partial charge in [0.15, 0.2) is 5.69 Å². The molecule has 21 heavy (non-hydrogen) atoms. The summed E-state index contributed by atoms with van der Waals surface area (Å²) in [5.41, 5.74) is 0.428. The lowest BCUT2D eigenvalue weighted by Gasteiger charge is -2.34. The minimum absolute atomic E-state index is 0.0227. The number of carbonyl (C=O) groups is 1. The van der Waals surface area contributed by atoms with E-state index in [9.17, 15) is 4.79 Å². The second-order valence-electron chi connectivity index (χ2n) is 5.83. The molecular formula is C16H26N4O. The average molecular weight is 290 g/mol. The molecule has 0 bridgehead atoms. The van der Waals surface area contributed by atoms with Crippen molar-refractivity contribution < 1.29 is 4.79 Å². The van der Waals surface area contributed by atoms with Gasteiger partial charge < -0.3 is 10.2 Å². The number of aromatic nitrogens is 2. The van der Waals surface area contributed by atoms with Gasteiger partial charge in [0.1, 0.15) is 5.82 Å². The first-order valence-electron chi connectivity index (χ1n) is 8.00. The van der Waals surface area contributed by atoms with Gasteiger partial charge in [-0.1, -0.05) is 13.3 Å². The summed E-state index contributed by atoms with van der Waals surface area (Å²) in [4.78, 5) is 14.3. The van der Waals surface area contributed by atoms with Crippen LogP contribution in [0.15, 0.2) is 12.1 Å². The molecule has 1 aliphatic rings. The van der Waals surface area contributed by atoms with Gasteiger partial charge in [-0.15, -0.1) is 10.2 Å². The molecule has 0 spiro atoms. The van der Waals surface area contributed by atoms with E-state index in [0.717, 1.165) is 25.3 Å². The van der Waals surface area contributed by atoms with Crippen molar-refractivity contribution in [1.29, 1.82) is 0 Å². The van der Waals surface area contributed by atoms with Crippen molar-refractivity contribution in [3.63, 3.8) is 0 Å². The normalized spacial score (nSPS) is 21.9. The summed E-state index contributed by atoms with van der Waals surface area (Å²) in [6.45, 7) is 5.05. The Morgan fingerprint density at radius 2 is 1.95 bits per heavy atom. The summed E-state index contributed by atoms with van der Waals surface area (Å²) in [7, 11) is 1.89. The third kappa shape index (κ3) is 3.93. The van der Waals surface area contributed by atoms with Crippen molar-refractivity contribution in [3.8, 4) is 0 Å². The first kappa shape index (κ1) is 15.7. The molecule has 1 aromatic heterocycles. The van der Waals surface area contributed by atoms with Gasteiger partial charge in [0.05, 0.1) is 0 Å². The number of nitrogens with one attached hydrogen (secondary N) is 1. The molecule has 0 unspecified atom stereocenters. The van der Waals surface area contributed by atoms with E-state index in [-0.39, 0.29) is 5.91 Å². The van der Waals surface area contributed by atoms with E-state index in [1.54, 1.807) is 6.07 Å². The maximum absolute atomic E-state index is 12.5. The molecule has 1 aromatic rings. The van der Waals surface area contributed by atoms with Crippen LogP contribution in [0.2, 0.25) is 0 Å². The molecule has 1 heterocycles. The molecule has 1 saturated carbocycles. The van der Waals surface area contributed by atoms with Crippen LogP contribution >= 0.6 is 0 Å². The van der Waals surface area contributed by atoms with Crippen LogP contribution in [-0.2, 0) is 0 Å². The Bertz CT molecular complexity index is 452. The number of rotatable bonds is 5. The fraction of sp³-hybridized carbons (Fsp3) is 0.688. The zero-order valence-electron chi connectivity index (χ0n) is 13.3. The summed E-state index contributed by atoms with van der Waals surface area (Å²) in [6, 6.07) is 3.91. The fourth-order valence-electron chi connectivity index (χ4n) is 3.01. The zero-order valence-corrected chi connectivity index (χ0v) is 13.3. The van der Waals surface area contributed by atoms with Crippen LogP contribution in [0.3, 0.4) is 0 Å². The molecule has 0 aliphatic heterocycles. The Kier molecular flexibility index (Phi) is 5.53.